The Kier molecular flexibility index (Phi) is 3.91. The number of nitrogens with one attached hydrogen (secondary N) is 1. The molecule has 0 heterocycles. The lowest BCUT2D eigenvalue weighted by molar-refractivity contribution is 0.0948. The molecule has 0 fully saturated rings. The van der Waals surface area contributed by atoms with Crippen molar-refractivity contribution in [2.75, 3.05) is 6.54 Å². The smallest absolute Gasteiger partial charge is 0.182 e. The van der Waals surface area contributed by atoms with Crippen LogP contribution < -0.4 is 5.32 Å². The first-order valence-corrected chi connectivity index (χ1v) is 4.79. The van der Waals surface area contributed by atoms with Crippen molar-refractivity contribution in [3.05, 3.63) is 35.4 Å². The van der Waals surface area contributed by atoms with Gasteiger partial charge in [0.15, 0.2) is 5.78 Å². The van der Waals surface area contributed by atoms with Gasteiger partial charge in [0, 0.05) is 6.07 Å². The number of ketones is 1. The first-order valence-electron chi connectivity index (χ1n) is 4.79. The molecule has 0 aliphatic carbocycles. The minimum atomic E-state index is -0.815. The van der Waals surface area contributed by atoms with Gasteiger partial charge in [-0.1, -0.05) is 6.92 Å². The SMILES string of the molecule is CCNC(C)C(=O)c1ccc(F)cc1F. The highest BCUT2D eigenvalue weighted by molar-refractivity contribution is 6.00. The van der Waals surface area contributed by atoms with Crippen LogP contribution in [0.1, 0.15) is 24.2 Å². The van der Waals surface area contributed by atoms with E-state index in [0.717, 1.165) is 6.07 Å². The lowest BCUT2D eigenvalue weighted by Crippen LogP contribution is -2.34. The summed E-state index contributed by atoms with van der Waals surface area (Å²) in [6.07, 6.45) is 0. The zero-order valence-corrected chi connectivity index (χ0v) is 8.68. The molecule has 0 saturated heterocycles. The topological polar surface area (TPSA) is 29.1 Å². The number of carbonyl (C=O) groups is 1. The first-order chi connectivity index (χ1) is 7.06. The summed E-state index contributed by atoms with van der Waals surface area (Å²) in [7, 11) is 0. The molecule has 82 valence electrons. The molecule has 15 heavy (non-hydrogen) atoms. The molecule has 2 nitrogen and oxygen atoms in total. The van der Waals surface area contributed by atoms with Crippen molar-refractivity contribution in [2.24, 2.45) is 0 Å². The van der Waals surface area contributed by atoms with E-state index in [0.29, 0.717) is 12.6 Å². The Bertz CT molecular complexity index is 366. The number of benzene rings is 1. The van der Waals surface area contributed by atoms with Crippen LogP contribution in [0.2, 0.25) is 0 Å². The molecule has 1 aromatic rings. The van der Waals surface area contributed by atoms with Gasteiger partial charge in [-0.25, -0.2) is 8.78 Å². The molecule has 0 aliphatic heterocycles. The van der Waals surface area contributed by atoms with Crippen LogP contribution in [0.3, 0.4) is 0 Å². The summed E-state index contributed by atoms with van der Waals surface area (Å²) in [6.45, 7) is 4.12. The highest BCUT2D eigenvalue weighted by Crippen LogP contribution is 2.11. The minimum absolute atomic E-state index is 0.0788. The molecule has 1 N–H and O–H groups in total. The van der Waals surface area contributed by atoms with Gasteiger partial charge in [0.25, 0.3) is 0 Å². The van der Waals surface area contributed by atoms with E-state index >= 15 is 0 Å². The average molecular weight is 213 g/mol. The van der Waals surface area contributed by atoms with Gasteiger partial charge in [-0.05, 0) is 25.6 Å². The van der Waals surface area contributed by atoms with Crippen molar-refractivity contribution in [1.82, 2.24) is 5.32 Å². The zero-order chi connectivity index (χ0) is 11.4. The lowest BCUT2D eigenvalue weighted by Gasteiger charge is -2.11. The Labute approximate surface area is 87.3 Å². The number of hydrogen-bond acceptors (Lipinski definition) is 2. The summed E-state index contributed by atoms with van der Waals surface area (Å²) in [5, 5.41) is 2.88. The molecular weight excluding hydrogens is 200 g/mol. The van der Waals surface area contributed by atoms with Crippen LogP contribution in [0, 0.1) is 11.6 Å². The van der Waals surface area contributed by atoms with E-state index in [4.69, 9.17) is 0 Å². The van der Waals surface area contributed by atoms with Crippen LogP contribution >= 0.6 is 0 Å². The Morgan fingerprint density at radius 3 is 2.67 bits per heavy atom. The number of rotatable bonds is 4. The van der Waals surface area contributed by atoms with Crippen molar-refractivity contribution in [2.45, 2.75) is 19.9 Å². The molecule has 1 aromatic carbocycles. The Hall–Kier alpha value is -1.29. The molecule has 1 unspecified atom stereocenters. The van der Waals surface area contributed by atoms with E-state index in [1.807, 2.05) is 6.92 Å². The molecule has 1 rings (SSSR count). The Morgan fingerprint density at radius 1 is 1.47 bits per heavy atom. The fourth-order valence-electron chi connectivity index (χ4n) is 1.32. The van der Waals surface area contributed by atoms with Crippen LogP contribution in [0.25, 0.3) is 0 Å². The molecule has 0 radical (unpaired) electrons. The van der Waals surface area contributed by atoms with E-state index in [2.05, 4.69) is 5.32 Å². The van der Waals surface area contributed by atoms with E-state index in [1.165, 1.54) is 6.07 Å². The lowest BCUT2D eigenvalue weighted by atomic mass is 10.0. The van der Waals surface area contributed by atoms with Gasteiger partial charge in [-0.15, -0.1) is 0 Å². The number of Topliss-reactive ketones (excluding diaryl/α,β-unsaturated/α-hetero) is 1. The van der Waals surface area contributed by atoms with Crippen LogP contribution in [-0.2, 0) is 0 Å². The monoisotopic (exact) mass is 213 g/mol. The predicted octanol–water partition coefficient (Wildman–Crippen LogP) is 2.15. The Morgan fingerprint density at radius 2 is 2.13 bits per heavy atom. The third-order valence-corrected chi connectivity index (χ3v) is 2.10. The molecule has 0 spiro atoms. The summed E-state index contributed by atoms with van der Waals surface area (Å²) in [4.78, 5) is 11.6. The van der Waals surface area contributed by atoms with E-state index in [9.17, 15) is 13.6 Å². The van der Waals surface area contributed by atoms with Crippen LogP contribution in [0.5, 0.6) is 0 Å². The van der Waals surface area contributed by atoms with Crippen molar-refractivity contribution >= 4 is 5.78 Å². The van der Waals surface area contributed by atoms with Gasteiger partial charge in [-0.3, -0.25) is 4.79 Å². The standard InChI is InChI=1S/C11H13F2NO/c1-3-14-7(2)11(15)9-5-4-8(12)6-10(9)13/h4-7,14H,3H2,1-2H3. The van der Waals surface area contributed by atoms with Crippen molar-refractivity contribution in [3.63, 3.8) is 0 Å². The molecule has 0 aliphatic rings. The van der Waals surface area contributed by atoms with E-state index < -0.39 is 17.7 Å². The molecule has 1 atom stereocenters. The van der Waals surface area contributed by atoms with Gasteiger partial charge in [-0.2, -0.15) is 0 Å². The van der Waals surface area contributed by atoms with Gasteiger partial charge in [0.2, 0.25) is 0 Å². The normalized spacial score (nSPS) is 12.5. The average Bonchev–Trinajstić information content (AvgIpc) is 2.17. The predicted molar refractivity (Wildman–Crippen MR) is 53.8 cm³/mol. The maximum absolute atomic E-state index is 13.2. The number of likely N-dealkylation sites (N-methyl/N-ethyl adjacent to an activating group) is 1. The highest BCUT2D eigenvalue weighted by atomic mass is 19.1. The molecule has 0 amide bonds. The zero-order valence-electron chi connectivity index (χ0n) is 8.68. The molecule has 0 bridgehead atoms. The summed E-state index contributed by atoms with van der Waals surface area (Å²) < 4.78 is 25.8. The van der Waals surface area contributed by atoms with Crippen molar-refractivity contribution in [3.8, 4) is 0 Å². The summed E-state index contributed by atoms with van der Waals surface area (Å²) in [5.41, 5.74) is -0.0788. The van der Waals surface area contributed by atoms with E-state index in [-0.39, 0.29) is 11.3 Å². The molecule has 4 heteroatoms. The van der Waals surface area contributed by atoms with E-state index in [1.54, 1.807) is 6.92 Å². The Balaban J connectivity index is 2.91. The third kappa shape index (κ3) is 2.83. The fraction of sp³-hybridized carbons (Fsp3) is 0.364. The second kappa shape index (κ2) is 4.98. The summed E-state index contributed by atoms with van der Waals surface area (Å²) >= 11 is 0. The van der Waals surface area contributed by atoms with Gasteiger partial charge >= 0.3 is 0 Å². The van der Waals surface area contributed by atoms with Gasteiger partial charge in [0.1, 0.15) is 11.6 Å². The fourth-order valence-corrected chi connectivity index (χ4v) is 1.32. The highest BCUT2D eigenvalue weighted by Gasteiger charge is 2.17. The largest absolute Gasteiger partial charge is 0.308 e. The maximum Gasteiger partial charge on any atom is 0.182 e. The number of hydrogen-bond donors (Lipinski definition) is 1. The van der Waals surface area contributed by atoms with Crippen LogP contribution in [0.15, 0.2) is 18.2 Å². The molecular formula is C11H13F2NO. The summed E-state index contributed by atoms with van der Waals surface area (Å²) in [6, 6.07) is 2.50. The number of halogens is 2. The quantitative estimate of drug-likeness (QED) is 0.776. The first kappa shape index (κ1) is 11.8. The van der Waals surface area contributed by atoms with Crippen molar-refractivity contribution < 1.29 is 13.6 Å². The molecule has 0 saturated carbocycles. The maximum atomic E-state index is 13.2. The molecule has 0 aromatic heterocycles. The number of carbonyl (C=O) groups excluding carboxylic acids is 1. The second-order valence-corrected chi connectivity index (χ2v) is 3.27. The second-order valence-electron chi connectivity index (χ2n) is 3.27. The van der Waals surface area contributed by atoms with Gasteiger partial charge in [0.05, 0.1) is 11.6 Å². The third-order valence-electron chi connectivity index (χ3n) is 2.10. The van der Waals surface area contributed by atoms with Gasteiger partial charge < -0.3 is 5.32 Å². The van der Waals surface area contributed by atoms with Crippen LogP contribution in [0.4, 0.5) is 8.78 Å². The minimum Gasteiger partial charge on any atom is -0.308 e. The van der Waals surface area contributed by atoms with Crippen LogP contribution in [-0.4, -0.2) is 18.4 Å². The summed E-state index contributed by atoms with van der Waals surface area (Å²) in [5.74, 6) is -1.86. The van der Waals surface area contributed by atoms with Crippen molar-refractivity contribution in [1.29, 1.82) is 0 Å².